The topological polar surface area (TPSA) is 65.5 Å². The van der Waals surface area contributed by atoms with Gasteiger partial charge in [0.05, 0.1) is 12.2 Å². The van der Waals surface area contributed by atoms with Crippen molar-refractivity contribution in [1.29, 1.82) is 0 Å². The summed E-state index contributed by atoms with van der Waals surface area (Å²) >= 11 is 6.97. The average Bonchev–Trinajstić information content (AvgIpc) is 3.19. The van der Waals surface area contributed by atoms with Gasteiger partial charge in [-0.2, -0.15) is 0 Å². The Labute approximate surface area is 170 Å². The fourth-order valence-corrected chi connectivity index (χ4v) is 5.48. The van der Waals surface area contributed by atoms with Crippen LogP contribution in [0.5, 0.6) is 0 Å². The molecule has 1 aromatic carbocycles. The molecule has 1 saturated heterocycles. The monoisotopic (exact) mass is 454 g/mol. The van der Waals surface area contributed by atoms with Crippen molar-refractivity contribution < 1.29 is 21.6 Å². The summed E-state index contributed by atoms with van der Waals surface area (Å²) in [6.07, 6.45) is 1.51. The van der Waals surface area contributed by atoms with Crippen LogP contribution in [-0.4, -0.2) is 57.7 Å². The van der Waals surface area contributed by atoms with E-state index in [2.05, 4.69) is 4.98 Å². The summed E-state index contributed by atoms with van der Waals surface area (Å²) in [5, 5.41) is 0.893. The van der Waals surface area contributed by atoms with E-state index in [-0.39, 0.29) is 36.9 Å². The second-order valence-electron chi connectivity index (χ2n) is 6.84. The van der Waals surface area contributed by atoms with Crippen LogP contribution in [0.2, 0.25) is 5.02 Å². The van der Waals surface area contributed by atoms with Gasteiger partial charge in [-0.05, 0) is 14.1 Å². The Hall–Kier alpha value is -1.56. The van der Waals surface area contributed by atoms with Gasteiger partial charge < -0.3 is 9.80 Å². The molecule has 0 radical (unpaired) electrons. The fourth-order valence-electron chi connectivity index (χ4n) is 3.22. The van der Waals surface area contributed by atoms with Gasteiger partial charge >= 0.3 is 0 Å². The van der Waals surface area contributed by atoms with Crippen LogP contribution in [0, 0.1) is 11.6 Å². The minimum atomic E-state index is -4.58. The summed E-state index contributed by atoms with van der Waals surface area (Å²) in [5.41, 5.74) is -1.64. The summed E-state index contributed by atoms with van der Waals surface area (Å²) in [6, 6.07) is 0.823. The van der Waals surface area contributed by atoms with E-state index >= 15 is 0 Å². The highest BCUT2D eigenvalue weighted by atomic mass is 35.5. The average molecular weight is 455 g/mol. The van der Waals surface area contributed by atoms with Crippen molar-refractivity contribution >= 4 is 43.8 Å². The van der Waals surface area contributed by atoms with Crippen molar-refractivity contribution in [1.82, 2.24) is 9.88 Å². The van der Waals surface area contributed by atoms with Gasteiger partial charge in [0.25, 0.3) is 10.0 Å². The van der Waals surface area contributed by atoms with Gasteiger partial charge in [0.15, 0.2) is 15.8 Å². The lowest BCUT2D eigenvalue weighted by molar-refractivity contribution is 0.141. The zero-order valence-electron chi connectivity index (χ0n) is 15.0. The van der Waals surface area contributed by atoms with Gasteiger partial charge in [0.2, 0.25) is 0 Å². The smallest absolute Gasteiger partial charge is 0.269 e. The zero-order chi connectivity index (χ0) is 20.7. The molecule has 0 aliphatic carbocycles. The van der Waals surface area contributed by atoms with Crippen molar-refractivity contribution in [2.75, 3.05) is 43.4 Å². The molecule has 0 unspecified atom stereocenters. The molecule has 0 saturated carbocycles. The normalized spacial score (nSPS) is 20.2. The maximum absolute atomic E-state index is 14.9. The highest BCUT2D eigenvalue weighted by Crippen LogP contribution is 2.39. The molecule has 6 nitrogen and oxygen atoms in total. The maximum Gasteiger partial charge on any atom is 0.269 e. The van der Waals surface area contributed by atoms with E-state index < -0.39 is 37.2 Å². The van der Waals surface area contributed by atoms with Gasteiger partial charge in [0.1, 0.15) is 16.5 Å². The molecule has 3 rings (SSSR count). The van der Waals surface area contributed by atoms with E-state index in [1.807, 2.05) is 4.72 Å². The number of benzene rings is 1. The van der Waals surface area contributed by atoms with Crippen molar-refractivity contribution in [3.8, 4) is 0 Å². The van der Waals surface area contributed by atoms with Crippen LogP contribution in [-0.2, 0) is 10.0 Å². The van der Waals surface area contributed by atoms with E-state index in [9.17, 15) is 21.6 Å². The second kappa shape index (κ2) is 7.69. The third-order valence-electron chi connectivity index (χ3n) is 4.26. The predicted molar refractivity (Wildman–Crippen MR) is 104 cm³/mol. The zero-order valence-corrected chi connectivity index (χ0v) is 17.4. The van der Waals surface area contributed by atoms with Gasteiger partial charge in [-0.3, -0.25) is 4.72 Å². The summed E-state index contributed by atoms with van der Waals surface area (Å²) in [5.74, 6) is -2.74. The molecule has 2 aromatic rings. The second-order valence-corrected chi connectivity index (χ2v) is 9.73. The van der Waals surface area contributed by atoms with Crippen molar-refractivity contribution in [3.05, 3.63) is 34.3 Å². The Bertz CT molecular complexity index is 973. The number of sulfonamides is 1. The van der Waals surface area contributed by atoms with Crippen LogP contribution >= 0.6 is 22.9 Å². The first kappa shape index (κ1) is 21.2. The standard InChI is InChI=1S/C16H18ClF3N4O2S2/c1-23(2)8-16(20)3-5-24(9-16)11-7-10(18)14(13(19)12(11)17)28(25,26)22-15-21-4-6-27-15/h4,6-7H,3,5,8-9H2,1-2H3,(H,21,22)/t16-/m0/s1. The van der Waals surface area contributed by atoms with Crippen LogP contribution in [0.15, 0.2) is 22.5 Å². The number of rotatable bonds is 6. The molecule has 1 atom stereocenters. The molecule has 154 valence electrons. The van der Waals surface area contributed by atoms with Crippen LogP contribution in [0.1, 0.15) is 6.42 Å². The van der Waals surface area contributed by atoms with E-state index in [1.165, 1.54) is 16.5 Å². The van der Waals surface area contributed by atoms with Gasteiger partial charge in [-0.15, -0.1) is 11.3 Å². The highest BCUT2D eigenvalue weighted by molar-refractivity contribution is 7.93. The fraction of sp³-hybridized carbons (Fsp3) is 0.438. The number of nitrogens with one attached hydrogen (secondary N) is 1. The van der Waals surface area contributed by atoms with Crippen LogP contribution in [0.25, 0.3) is 0 Å². The highest BCUT2D eigenvalue weighted by Gasteiger charge is 2.40. The number of alkyl halides is 1. The van der Waals surface area contributed by atoms with Crippen molar-refractivity contribution in [2.45, 2.75) is 17.0 Å². The largest absolute Gasteiger partial charge is 0.367 e. The maximum atomic E-state index is 14.9. The Balaban J connectivity index is 1.93. The Morgan fingerprint density at radius 1 is 1.43 bits per heavy atom. The first-order valence-corrected chi connectivity index (χ1v) is 10.9. The Morgan fingerprint density at radius 2 is 2.14 bits per heavy atom. The minimum absolute atomic E-state index is 0.0376. The quantitative estimate of drug-likeness (QED) is 0.678. The third kappa shape index (κ3) is 4.22. The van der Waals surface area contributed by atoms with Crippen molar-refractivity contribution in [3.63, 3.8) is 0 Å². The van der Waals surface area contributed by atoms with E-state index in [0.717, 1.165) is 17.4 Å². The predicted octanol–water partition coefficient (Wildman–Crippen LogP) is 3.36. The number of aromatic nitrogens is 1. The minimum Gasteiger partial charge on any atom is -0.367 e. The lowest BCUT2D eigenvalue weighted by Gasteiger charge is -2.26. The molecule has 2 heterocycles. The molecule has 1 aromatic heterocycles. The first-order chi connectivity index (χ1) is 13.0. The van der Waals surface area contributed by atoms with E-state index in [0.29, 0.717) is 0 Å². The third-order valence-corrected chi connectivity index (χ3v) is 6.82. The van der Waals surface area contributed by atoms with Crippen LogP contribution < -0.4 is 9.62 Å². The Morgan fingerprint density at radius 3 is 2.75 bits per heavy atom. The lowest BCUT2D eigenvalue weighted by Crippen LogP contribution is -2.38. The molecule has 0 spiro atoms. The number of anilines is 2. The number of halogens is 4. The summed E-state index contributed by atoms with van der Waals surface area (Å²) in [6.45, 7) is 0.246. The molecule has 0 amide bonds. The molecule has 1 aliphatic heterocycles. The number of hydrogen-bond acceptors (Lipinski definition) is 6. The number of hydrogen-bond donors (Lipinski definition) is 1. The summed E-state index contributed by atoms with van der Waals surface area (Å²) < 4.78 is 71.0. The number of nitrogens with zero attached hydrogens (tertiary/aromatic N) is 3. The Kier molecular flexibility index (Phi) is 5.81. The van der Waals surface area contributed by atoms with E-state index in [1.54, 1.807) is 19.0 Å². The lowest BCUT2D eigenvalue weighted by atomic mass is 10.1. The first-order valence-electron chi connectivity index (χ1n) is 8.21. The molecule has 28 heavy (non-hydrogen) atoms. The SMILES string of the molecule is CN(C)C[C@@]1(F)CCN(c2cc(F)c(S(=O)(=O)Nc3nccs3)c(F)c2Cl)C1. The molecule has 0 bridgehead atoms. The molecule has 1 aliphatic rings. The molecule has 12 heteroatoms. The number of thiazole rings is 1. The van der Waals surface area contributed by atoms with Crippen molar-refractivity contribution in [2.24, 2.45) is 0 Å². The van der Waals surface area contributed by atoms with E-state index in [4.69, 9.17) is 11.6 Å². The van der Waals surface area contributed by atoms with Gasteiger partial charge in [-0.25, -0.2) is 26.6 Å². The van der Waals surface area contributed by atoms with Crippen LogP contribution in [0.3, 0.4) is 0 Å². The van der Waals surface area contributed by atoms with Gasteiger partial charge in [-0.1, -0.05) is 11.6 Å². The molecular weight excluding hydrogens is 437 g/mol. The summed E-state index contributed by atoms with van der Waals surface area (Å²) in [4.78, 5) is 5.63. The molecule has 1 fully saturated rings. The van der Waals surface area contributed by atoms with Gasteiger partial charge in [0, 0.05) is 37.2 Å². The van der Waals surface area contributed by atoms with Crippen LogP contribution in [0.4, 0.5) is 24.0 Å². The molecular formula is C16H18ClF3N4O2S2. The summed E-state index contributed by atoms with van der Waals surface area (Å²) in [7, 11) is -1.13. The molecule has 1 N–H and O–H groups in total.